The first-order valence-corrected chi connectivity index (χ1v) is 9.06. The van der Waals surface area contributed by atoms with Crippen LogP contribution in [0, 0.1) is 0 Å². The number of nitrogens with zero attached hydrogens (tertiary/aromatic N) is 3. The fraction of sp³-hybridized carbons (Fsp3) is 0.571. The number of aryl methyl sites for hydroxylation is 2. The van der Waals surface area contributed by atoms with Gasteiger partial charge in [-0.15, -0.1) is 11.3 Å². The summed E-state index contributed by atoms with van der Waals surface area (Å²) in [7, 11) is 0. The number of rotatable bonds is 5. The molecule has 1 aliphatic heterocycles. The lowest BCUT2D eigenvalue weighted by molar-refractivity contribution is 0.550. The lowest BCUT2D eigenvalue weighted by Crippen LogP contribution is -2.16. The average molecular weight is 308 g/mol. The van der Waals surface area contributed by atoms with Gasteiger partial charge in [0, 0.05) is 34.5 Å². The van der Waals surface area contributed by atoms with E-state index in [1.165, 1.54) is 27.5 Å². The van der Waals surface area contributed by atoms with E-state index in [4.69, 9.17) is 5.73 Å². The first kappa shape index (κ1) is 14.1. The summed E-state index contributed by atoms with van der Waals surface area (Å²) in [6.45, 7) is 3.07. The van der Waals surface area contributed by atoms with Crippen LogP contribution >= 0.6 is 23.1 Å². The number of thiophene rings is 1. The molecule has 0 fully saturated rings. The molecule has 108 valence electrons. The molecule has 2 aromatic rings. The summed E-state index contributed by atoms with van der Waals surface area (Å²) >= 11 is 3.91. The van der Waals surface area contributed by atoms with Crippen LogP contribution in [0.4, 0.5) is 0 Å². The summed E-state index contributed by atoms with van der Waals surface area (Å²) in [6.07, 6.45) is 4.67. The highest BCUT2D eigenvalue weighted by atomic mass is 32.2. The molecule has 2 aromatic heterocycles. The van der Waals surface area contributed by atoms with E-state index >= 15 is 0 Å². The molecule has 0 saturated carbocycles. The first-order chi connectivity index (χ1) is 9.78. The molecule has 0 spiro atoms. The Bertz CT molecular complexity index is 552. The van der Waals surface area contributed by atoms with Gasteiger partial charge in [-0.1, -0.05) is 6.92 Å². The maximum Gasteiger partial charge on any atom is 0.138 e. The van der Waals surface area contributed by atoms with Crippen molar-refractivity contribution in [2.45, 2.75) is 44.5 Å². The van der Waals surface area contributed by atoms with Gasteiger partial charge in [0.1, 0.15) is 12.2 Å². The van der Waals surface area contributed by atoms with Gasteiger partial charge in [0.2, 0.25) is 0 Å². The van der Waals surface area contributed by atoms with Crippen molar-refractivity contribution < 1.29 is 0 Å². The zero-order chi connectivity index (χ0) is 13.9. The molecule has 0 saturated heterocycles. The molecule has 0 amide bonds. The van der Waals surface area contributed by atoms with Crippen LogP contribution in [-0.4, -0.2) is 20.5 Å². The molecule has 3 rings (SSSR count). The molecule has 1 unspecified atom stereocenters. The number of hydrogen-bond acceptors (Lipinski definition) is 5. The quantitative estimate of drug-likeness (QED) is 0.923. The Labute approximate surface area is 127 Å². The lowest BCUT2D eigenvalue weighted by atomic mass is 10.1. The molecule has 6 heteroatoms. The maximum atomic E-state index is 6.39. The summed E-state index contributed by atoms with van der Waals surface area (Å²) in [5.74, 6) is 3.39. The Morgan fingerprint density at radius 2 is 2.40 bits per heavy atom. The Kier molecular flexibility index (Phi) is 4.43. The van der Waals surface area contributed by atoms with Crippen molar-refractivity contribution >= 4 is 23.1 Å². The van der Waals surface area contributed by atoms with E-state index in [1.807, 2.05) is 27.8 Å². The monoisotopic (exact) mass is 308 g/mol. The summed E-state index contributed by atoms with van der Waals surface area (Å²) in [6, 6.07) is 2.34. The van der Waals surface area contributed by atoms with Gasteiger partial charge in [-0.2, -0.15) is 16.9 Å². The smallest absolute Gasteiger partial charge is 0.138 e. The third-order valence-electron chi connectivity index (χ3n) is 3.55. The summed E-state index contributed by atoms with van der Waals surface area (Å²) in [5.41, 5.74) is 7.88. The van der Waals surface area contributed by atoms with Gasteiger partial charge in [0.05, 0.1) is 0 Å². The molecule has 2 N–H and O–H groups in total. The van der Waals surface area contributed by atoms with Gasteiger partial charge in [-0.3, -0.25) is 4.68 Å². The number of hydrogen-bond donors (Lipinski definition) is 1. The number of thioether (sulfide) groups is 1. The molecular formula is C14H20N4S2. The Balaban J connectivity index is 1.73. The summed E-state index contributed by atoms with van der Waals surface area (Å²) in [4.78, 5) is 7.18. The van der Waals surface area contributed by atoms with Crippen LogP contribution in [-0.2, 0) is 25.1 Å². The van der Waals surface area contributed by atoms with Crippen molar-refractivity contribution in [1.82, 2.24) is 14.8 Å². The SMILES string of the molecule is CCCn1ncnc1CC(N)c1cc2c(s1)CCSC2. The third kappa shape index (κ3) is 2.92. The lowest BCUT2D eigenvalue weighted by Gasteiger charge is -2.10. The Morgan fingerprint density at radius 3 is 3.20 bits per heavy atom. The highest BCUT2D eigenvalue weighted by Crippen LogP contribution is 2.34. The predicted octanol–water partition coefficient (Wildman–Crippen LogP) is 2.78. The number of nitrogens with two attached hydrogens (primary N) is 1. The van der Waals surface area contributed by atoms with Crippen LogP contribution < -0.4 is 5.73 Å². The van der Waals surface area contributed by atoms with Crippen molar-refractivity contribution in [3.63, 3.8) is 0 Å². The predicted molar refractivity (Wildman–Crippen MR) is 85.1 cm³/mol. The topological polar surface area (TPSA) is 56.7 Å². The van der Waals surface area contributed by atoms with Gasteiger partial charge in [0.15, 0.2) is 0 Å². The van der Waals surface area contributed by atoms with Crippen molar-refractivity contribution in [3.05, 3.63) is 33.5 Å². The first-order valence-electron chi connectivity index (χ1n) is 7.09. The van der Waals surface area contributed by atoms with Crippen molar-refractivity contribution in [1.29, 1.82) is 0 Å². The second-order valence-electron chi connectivity index (χ2n) is 5.11. The second kappa shape index (κ2) is 6.28. The largest absolute Gasteiger partial charge is 0.323 e. The molecule has 4 nitrogen and oxygen atoms in total. The highest BCUT2D eigenvalue weighted by Gasteiger charge is 2.18. The van der Waals surface area contributed by atoms with Crippen LogP contribution in [0.3, 0.4) is 0 Å². The Morgan fingerprint density at radius 1 is 1.50 bits per heavy atom. The molecule has 0 aromatic carbocycles. The third-order valence-corrected chi connectivity index (χ3v) is 5.92. The van der Waals surface area contributed by atoms with E-state index < -0.39 is 0 Å². The van der Waals surface area contributed by atoms with E-state index in [1.54, 1.807) is 6.33 Å². The fourth-order valence-electron chi connectivity index (χ4n) is 2.50. The minimum Gasteiger partial charge on any atom is -0.323 e. The minimum absolute atomic E-state index is 0.0374. The standard InChI is InChI=1S/C14H20N4S2/c1-2-4-18-14(16-9-17-18)7-11(15)13-6-10-8-19-5-3-12(10)20-13/h6,9,11H,2-5,7-8,15H2,1H3. The summed E-state index contributed by atoms with van der Waals surface area (Å²) in [5, 5.41) is 4.27. The molecule has 1 atom stereocenters. The fourth-order valence-corrected chi connectivity index (χ4v) is 4.87. The van der Waals surface area contributed by atoms with Crippen molar-refractivity contribution in [2.24, 2.45) is 5.73 Å². The van der Waals surface area contributed by atoms with Crippen LogP contribution in [0.25, 0.3) is 0 Å². The van der Waals surface area contributed by atoms with Gasteiger partial charge >= 0.3 is 0 Å². The van der Waals surface area contributed by atoms with Crippen LogP contribution in [0.5, 0.6) is 0 Å². The van der Waals surface area contributed by atoms with E-state index in [2.05, 4.69) is 23.1 Å². The Hall–Kier alpha value is -0.850. The van der Waals surface area contributed by atoms with E-state index in [-0.39, 0.29) is 6.04 Å². The molecule has 1 aliphatic rings. The summed E-state index contributed by atoms with van der Waals surface area (Å²) < 4.78 is 1.98. The second-order valence-corrected chi connectivity index (χ2v) is 7.38. The molecular weight excluding hydrogens is 288 g/mol. The normalized spacial score (nSPS) is 16.1. The zero-order valence-corrected chi connectivity index (χ0v) is 13.3. The minimum atomic E-state index is 0.0374. The van der Waals surface area contributed by atoms with E-state index in [9.17, 15) is 0 Å². The van der Waals surface area contributed by atoms with E-state index in [0.717, 1.165) is 31.0 Å². The van der Waals surface area contributed by atoms with Crippen molar-refractivity contribution in [3.8, 4) is 0 Å². The zero-order valence-electron chi connectivity index (χ0n) is 11.7. The van der Waals surface area contributed by atoms with E-state index in [0.29, 0.717) is 0 Å². The average Bonchev–Trinajstić information content (AvgIpc) is 3.06. The number of aromatic nitrogens is 3. The molecule has 20 heavy (non-hydrogen) atoms. The molecule has 0 radical (unpaired) electrons. The molecule has 0 aliphatic carbocycles. The van der Waals surface area contributed by atoms with Crippen molar-refractivity contribution in [2.75, 3.05) is 5.75 Å². The van der Waals surface area contributed by atoms with Gasteiger partial charge in [0.25, 0.3) is 0 Å². The number of fused-ring (bicyclic) bond motifs is 1. The van der Waals surface area contributed by atoms with Gasteiger partial charge < -0.3 is 5.73 Å². The maximum absolute atomic E-state index is 6.39. The van der Waals surface area contributed by atoms with Crippen LogP contribution in [0.2, 0.25) is 0 Å². The molecule has 3 heterocycles. The van der Waals surface area contributed by atoms with Crippen LogP contribution in [0.1, 0.15) is 40.5 Å². The van der Waals surface area contributed by atoms with Gasteiger partial charge in [-0.05, 0) is 30.2 Å². The molecule has 0 bridgehead atoms. The van der Waals surface area contributed by atoms with Crippen LogP contribution in [0.15, 0.2) is 12.4 Å². The van der Waals surface area contributed by atoms with Gasteiger partial charge in [-0.25, -0.2) is 4.98 Å². The highest BCUT2D eigenvalue weighted by molar-refractivity contribution is 7.98.